The molecule has 0 heterocycles. The fourth-order valence-electron chi connectivity index (χ4n) is 3.61. The maximum absolute atomic E-state index is 11.0. The molecular formula is C18H25NO2. The van der Waals surface area contributed by atoms with Crippen molar-refractivity contribution in [2.24, 2.45) is 11.8 Å². The maximum atomic E-state index is 11.0. The molecule has 2 fully saturated rings. The van der Waals surface area contributed by atoms with Crippen LogP contribution in [-0.2, 0) is 4.79 Å². The van der Waals surface area contributed by atoms with Crippen molar-refractivity contribution in [3.63, 3.8) is 0 Å². The topological polar surface area (TPSA) is 49.3 Å². The minimum atomic E-state index is -0.619. The van der Waals surface area contributed by atoms with E-state index in [1.807, 2.05) is 0 Å². The minimum absolute atomic E-state index is 0.124. The number of carbonyl (C=O) groups is 1. The molecular weight excluding hydrogens is 262 g/mol. The summed E-state index contributed by atoms with van der Waals surface area (Å²) >= 11 is 0. The van der Waals surface area contributed by atoms with Crippen LogP contribution in [-0.4, -0.2) is 17.1 Å². The van der Waals surface area contributed by atoms with Gasteiger partial charge in [0.05, 0.1) is 5.92 Å². The van der Waals surface area contributed by atoms with Gasteiger partial charge < -0.3 is 10.4 Å². The van der Waals surface area contributed by atoms with Crippen LogP contribution >= 0.6 is 0 Å². The van der Waals surface area contributed by atoms with Gasteiger partial charge in [0, 0.05) is 12.1 Å². The molecule has 3 heteroatoms. The molecule has 0 bridgehead atoms. The summed E-state index contributed by atoms with van der Waals surface area (Å²) in [4.78, 5) is 11.0. The summed E-state index contributed by atoms with van der Waals surface area (Å²) in [5, 5.41) is 12.9. The van der Waals surface area contributed by atoms with Crippen molar-refractivity contribution in [3.05, 3.63) is 35.4 Å². The molecule has 2 aliphatic rings. The van der Waals surface area contributed by atoms with Gasteiger partial charge in [-0.2, -0.15) is 0 Å². The molecule has 0 spiro atoms. The van der Waals surface area contributed by atoms with Gasteiger partial charge in [-0.25, -0.2) is 0 Å². The van der Waals surface area contributed by atoms with Crippen molar-refractivity contribution in [1.82, 2.24) is 5.32 Å². The number of aliphatic carboxylic acids is 1. The van der Waals surface area contributed by atoms with Crippen LogP contribution in [0.4, 0.5) is 0 Å². The maximum Gasteiger partial charge on any atom is 0.306 e. The number of aryl methyl sites for hydroxylation is 1. The lowest BCUT2D eigenvalue weighted by molar-refractivity contribution is -0.142. The number of hydrogen-bond donors (Lipinski definition) is 2. The highest BCUT2D eigenvalue weighted by atomic mass is 16.4. The van der Waals surface area contributed by atoms with Crippen LogP contribution in [0, 0.1) is 18.8 Å². The number of carboxylic acids is 1. The zero-order valence-corrected chi connectivity index (χ0v) is 12.7. The van der Waals surface area contributed by atoms with E-state index in [1.54, 1.807) is 0 Å². The number of rotatable bonds is 5. The van der Waals surface area contributed by atoms with Crippen molar-refractivity contribution in [3.8, 4) is 0 Å². The molecule has 0 radical (unpaired) electrons. The summed E-state index contributed by atoms with van der Waals surface area (Å²) in [6.45, 7) is 2.19. The Bertz CT molecular complexity index is 502. The van der Waals surface area contributed by atoms with Gasteiger partial charge in [-0.1, -0.05) is 24.3 Å². The largest absolute Gasteiger partial charge is 0.481 e. The molecule has 0 aliphatic heterocycles. The molecule has 1 atom stereocenters. The van der Waals surface area contributed by atoms with Gasteiger partial charge in [-0.05, 0) is 62.5 Å². The molecule has 1 unspecified atom stereocenters. The standard InChI is InChI=1S/C18H25NO2/c1-12-4-2-3-5-16(12)17(13-6-7-13)19-15-10-8-14(9-11-15)18(20)21/h2-5,13-15,17,19H,6-11H2,1H3,(H,20,21). The van der Waals surface area contributed by atoms with Crippen molar-refractivity contribution < 1.29 is 9.90 Å². The van der Waals surface area contributed by atoms with Crippen LogP contribution in [0.25, 0.3) is 0 Å². The van der Waals surface area contributed by atoms with E-state index in [9.17, 15) is 4.79 Å². The molecule has 0 amide bonds. The van der Waals surface area contributed by atoms with Gasteiger partial charge in [-0.3, -0.25) is 4.79 Å². The van der Waals surface area contributed by atoms with Crippen LogP contribution in [0.2, 0.25) is 0 Å². The predicted octanol–water partition coefficient (Wildman–Crippen LogP) is 3.68. The second-order valence-corrected chi connectivity index (χ2v) is 6.73. The van der Waals surface area contributed by atoms with Gasteiger partial charge >= 0.3 is 5.97 Å². The van der Waals surface area contributed by atoms with E-state index >= 15 is 0 Å². The van der Waals surface area contributed by atoms with Gasteiger partial charge in [0.25, 0.3) is 0 Å². The average Bonchev–Trinajstić information content (AvgIpc) is 3.31. The van der Waals surface area contributed by atoms with E-state index in [-0.39, 0.29) is 5.92 Å². The summed E-state index contributed by atoms with van der Waals surface area (Å²) in [5.74, 6) is 0.0234. The summed E-state index contributed by atoms with van der Waals surface area (Å²) in [7, 11) is 0. The monoisotopic (exact) mass is 287 g/mol. The average molecular weight is 287 g/mol. The molecule has 2 N–H and O–H groups in total. The van der Waals surface area contributed by atoms with E-state index in [1.165, 1.54) is 24.0 Å². The van der Waals surface area contributed by atoms with Crippen LogP contribution < -0.4 is 5.32 Å². The van der Waals surface area contributed by atoms with Gasteiger partial charge in [0.15, 0.2) is 0 Å². The molecule has 0 saturated heterocycles. The molecule has 0 aromatic heterocycles. The van der Waals surface area contributed by atoms with Crippen molar-refractivity contribution in [2.45, 2.75) is 57.5 Å². The van der Waals surface area contributed by atoms with Crippen LogP contribution in [0.3, 0.4) is 0 Å². The lowest BCUT2D eigenvalue weighted by Gasteiger charge is -2.31. The molecule has 2 aliphatic carbocycles. The Morgan fingerprint density at radius 2 is 1.81 bits per heavy atom. The van der Waals surface area contributed by atoms with Gasteiger partial charge in [-0.15, -0.1) is 0 Å². The van der Waals surface area contributed by atoms with Crippen molar-refractivity contribution in [2.75, 3.05) is 0 Å². The fourth-order valence-corrected chi connectivity index (χ4v) is 3.61. The third-order valence-corrected chi connectivity index (χ3v) is 5.11. The van der Waals surface area contributed by atoms with Gasteiger partial charge in [0.1, 0.15) is 0 Å². The second kappa shape index (κ2) is 6.18. The Morgan fingerprint density at radius 3 is 2.38 bits per heavy atom. The Balaban J connectivity index is 1.65. The normalized spacial score (nSPS) is 27.3. The zero-order valence-electron chi connectivity index (χ0n) is 12.7. The lowest BCUT2D eigenvalue weighted by Crippen LogP contribution is -2.38. The van der Waals surface area contributed by atoms with E-state index in [2.05, 4.69) is 36.5 Å². The molecule has 3 rings (SSSR count). The first-order valence-electron chi connectivity index (χ1n) is 8.19. The molecule has 1 aromatic carbocycles. The quantitative estimate of drug-likeness (QED) is 0.868. The summed E-state index contributed by atoms with van der Waals surface area (Å²) in [5.41, 5.74) is 2.79. The fraction of sp³-hybridized carbons (Fsp3) is 0.611. The highest BCUT2D eigenvalue weighted by molar-refractivity contribution is 5.70. The van der Waals surface area contributed by atoms with Crippen molar-refractivity contribution >= 4 is 5.97 Å². The molecule has 114 valence electrons. The predicted molar refractivity (Wildman–Crippen MR) is 83.2 cm³/mol. The Kier molecular flexibility index (Phi) is 4.29. The number of benzene rings is 1. The molecule has 1 aromatic rings. The summed E-state index contributed by atoms with van der Waals surface area (Å²) in [6, 6.07) is 9.59. The van der Waals surface area contributed by atoms with Crippen molar-refractivity contribution in [1.29, 1.82) is 0 Å². The molecule has 21 heavy (non-hydrogen) atoms. The Morgan fingerprint density at radius 1 is 1.14 bits per heavy atom. The third kappa shape index (κ3) is 3.46. The van der Waals surface area contributed by atoms with E-state index < -0.39 is 5.97 Å². The molecule has 3 nitrogen and oxygen atoms in total. The first-order chi connectivity index (χ1) is 10.1. The summed E-state index contributed by atoms with van der Waals surface area (Å²) in [6.07, 6.45) is 6.25. The number of nitrogens with one attached hydrogen (secondary N) is 1. The minimum Gasteiger partial charge on any atom is -0.481 e. The number of hydrogen-bond acceptors (Lipinski definition) is 2. The highest BCUT2D eigenvalue weighted by Crippen LogP contribution is 2.42. The highest BCUT2D eigenvalue weighted by Gasteiger charge is 2.35. The smallest absolute Gasteiger partial charge is 0.306 e. The first-order valence-corrected chi connectivity index (χ1v) is 8.19. The van der Waals surface area contributed by atoms with E-state index in [0.29, 0.717) is 12.1 Å². The lowest BCUT2D eigenvalue weighted by atomic mass is 9.85. The Hall–Kier alpha value is -1.35. The number of carboxylic acid groups (broad SMARTS) is 1. The van der Waals surface area contributed by atoms with Crippen LogP contribution in [0.15, 0.2) is 24.3 Å². The SMILES string of the molecule is Cc1ccccc1C(NC1CCC(C(=O)O)CC1)C1CC1. The third-order valence-electron chi connectivity index (χ3n) is 5.11. The second-order valence-electron chi connectivity index (χ2n) is 6.73. The zero-order chi connectivity index (χ0) is 14.8. The van der Waals surface area contributed by atoms with Crippen LogP contribution in [0.5, 0.6) is 0 Å². The van der Waals surface area contributed by atoms with E-state index in [0.717, 1.165) is 31.6 Å². The van der Waals surface area contributed by atoms with E-state index in [4.69, 9.17) is 5.11 Å². The van der Waals surface area contributed by atoms with Gasteiger partial charge in [0.2, 0.25) is 0 Å². The first kappa shape index (κ1) is 14.6. The summed E-state index contributed by atoms with van der Waals surface area (Å²) < 4.78 is 0. The Labute approximate surface area is 126 Å². The van der Waals surface area contributed by atoms with Crippen LogP contribution in [0.1, 0.15) is 55.7 Å². The molecule has 2 saturated carbocycles.